The predicted octanol–water partition coefficient (Wildman–Crippen LogP) is 7.93. The number of nitrogens with zero attached hydrogens (tertiary/aromatic N) is 3. The lowest BCUT2D eigenvalue weighted by molar-refractivity contribution is 0.102. The minimum Gasteiger partial charge on any atom is -0.293 e. The van der Waals surface area contributed by atoms with Crippen LogP contribution in [0.25, 0.3) is 17.1 Å². The van der Waals surface area contributed by atoms with Crippen molar-refractivity contribution in [1.82, 2.24) is 14.8 Å². The van der Waals surface area contributed by atoms with E-state index in [0.29, 0.717) is 37.8 Å². The van der Waals surface area contributed by atoms with E-state index in [4.69, 9.17) is 34.8 Å². The van der Waals surface area contributed by atoms with Crippen LogP contribution in [0.15, 0.2) is 53.7 Å². The van der Waals surface area contributed by atoms with Gasteiger partial charge in [0.15, 0.2) is 16.8 Å². The first-order valence-corrected chi connectivity index (χ1v) is 12.4. The summed E-state index contributed by atoms with van der Waals surface area (Å²) < 4.78 is 15.6. The number of hydrogen-bond donors (Lipinski definition) is 0. The summed E-state index contributed by atoms with van der Waals surface area (Å²) in [6.07, 6.45) is 0. The molecule has 0 bridgehead atoms. The fourth-order valence-corrected chi connectivity index (χ4v) is 5.04. The lowest BCUT2D eigenvalue weighted by Crippen LogP contribution is -2.07. The van der Waals surface area contributed by atoms with Crippen LogP contribution in [0.1, 0.15) is 27.0 Å². The van der Waals surface area contributed by atoms with E-state index in [1.807, 2.05) is 32.9 Å². The molecule has 0 radical (unpaired) electrons. The Balaban J connectivity index is 1.74. The van der Waals surface area contributed by atoms with Crippen molar-refractivity contribution < 1.29 is 9.18 Å². The summed E-state index contributed by atoms with van der Waals surface area (Å²) >= 11 is 19.8. The SMILES string of the molecule is Cc1cc(C)c(C(=O)CSc2nnc(-c3ccc(Cl)cc3Cl)n2-c2ccc(F)c(Cl)c2)cc1C. The van der Waals surface area contributed by atoms with Crippen LogP contribution in [0, 0.1) is 26.6 Å². The highest BCUT2D eigenvalue weighted by Gasteiger charge is 2.21. The zero-order chi connectivity index (χ0) is 24.6. The van der Waals surface area contributed by atoms with Crippen LogP contribution in [0.2, 0.25) is 15.1 Å². The van der Waals surface area contributed by atoms with Gasteiger partial charge in [0.05, 0.1) is 21.5 Å². The molecule has 4 nitrogen and oxygen atoms in total. The minimum atomic E-state index is -0.542. The molecule has 0 aliphatic carbocycles. The van der Waals surface area contributed by atoms with Gasteiger partial charge >= 0.3 is 0 Å². The molecule has 0 fully saturated rings. The summed E-state index contributed by atoms with van der Waals surface area (Å²) in [5, 5.41) is 9.88. The zero-order valence-corrected chi connectivity index (χ0v) is 21.6. The lowest BCUT2D eigenvalue weighted by atomic mass is 9.99. The maximum atomic E-state index is 13.9. The highest BCUT2D eigenvalue weighted by molar-refractivity contribution is 7.99. The predicted molar refractivity (Wildman–Crippen MR) is 137 cm³/mol. The van der Waals surface area contributed by atoms with Crippen molar-refractivity contribution in [3.8, 4) is 17.1 Å². The van der Waals surface area contributed by atoms with E-state index < -0.39 is 5.82 Å². The minimum absolute atomic E-state index is 0.0247. The first kappa shape index (κ1) is 24.7. The molecule has 0 aliphatic rings. The number of benzene rings is 3. The van der Waals surface area contributed by atoms with Gasteiger partial charge in [-0.25, -0.2) is 4.39 Å². The summed E-state index contributed by atoms with van der Waals surface area (Å²) in [5.74, 6) is -0.00531. The van der Waals surface area contributed by atoms with E-state index >= 15 is 0 Å². The number of halogens is 4. The van der Waals surface area contributed by atoms with Gasteiger partial charge in [-0.05, 0) is 79.9 Å². The third kappa shape index (κ3) is 5.01. The summed E-state index contributed by atoms with van der Waals surface area (Å²) in [4.78, 5) is 13.0. The van der Waals surface area contributed by atoms with Gasteiger partial charge in [0, 0.05) is 16.1 Å². The molecule has 0 spiro atoms. The number of carbonyl (C=O) groups excluding carboxylic acids is 1. The third-order valence-electron chi connectivity index (χ3n) is 5.44. The average Bonchev–Trinajstić information content (AvgIpc) is 3.20. The Morgan fingerprint density at radius 1 is 0.912 bits per heavy atom. The van der Waals surface area contributed by atoms with Gasteiger partial charge in [-0.1, -0.05) is 52.6 Å². The molecular formula is C25H19Cl3FN3OS. The molecule has 34 heavy (non-hydrogen) atoms. The van der Waals surface area contributed by atoms with Crippen LogP contribution in [0.5, 0.6) is 0 Å². The highest BCUT2D eigenvalue weighted by Crippen LogP contribution is 2.34. The smallest absolute Gasteiger partial charge is 0.196 e. The van der Waals surface area contributed by atoms with E-state index in [0.717, 1.165) is 16.7 Å². The molecular weight excluding hydrogens is 516 g/mol. The topological polar surface area (TPSA) is 47.8 Å². The Bertz CT molecular complexity index is 1420. The zero-order valence-electron chi connectivity index (χ0n) is 18.5. The average molecular weight is 535 g/mol. The van der Waals surface area contributed by atoms with Gasteiger partial charge < -0.3 is 0 Å². The molecule has 9 heteroatoms. The molecule has 0 unspecified atom stereocenters. The van der Waals surface area contributed by atoms with E-state index in [2.05, 4.69) is 10.2 Å². The first-order valence-electron chi connectivity index (χ1n) is 10.3. The Morgan fingerprint density at radius 2 is 1.65 bits per heavy atom. The van der Waals surface area contributed by atoms with E-state index in [1.54, 1.807) is 28.8 Å². The fraction of sp³-hybridized carbons (Fsp3) is 0.160. The van der Waals surface area contributed by atoms with Crippen molar-refractivity contribution in [3.05, 3.63) is 91.7 Å². The van der Waals surface area contributed by atoms with Crippen LogP contribution in [0.4, 0.5) is 4.39 Å². The van der Waals surface area contributed by atoms with Gasteiger partial charge in [-0.15, -0.1) is 10.2 Å². The summed E-state index contributed by atoms with van der Waals surface area (Å²) in [5.41, 5.74) is 4.92. The second-order valence-corrected chi connectivity index (χ2v) is 10.0. The van der Waals surface area contributed by atoms with Crippen LogP contribution in [-0.2, 0) is 0 Å². The molecule has 0 N–H and O–H groups in total. The quantitative estimate of drug-likeness (QED) is 0.186. The van der Waals surface area contributed by atoms with Crippen molar-refractivity contribution in [1.29, 1.82) is 0 Å². The normalized spacial score (nSPS) is 11.1. The van der Waals surface area contributed by atoms with Gasteiger partial charge in [0.25, 0.3) is 0 Å². The van der Waals surface area contributed by atoms with Crippen molar-refractivity contribution in [2.45, 2.75) is 25.9 Å². The number of rotatable bonds is 6. The largest absolute Gasteiger partial charge is 0.293 e. The van der Waals surface area contributed by atoms with Crippen LogP contribution < -0.4 is 0 Å². The molecule has 0 amide bonds. The molecule has 174 valence electrons. The molecule has 0 saturated heterocycles. The van der Waals surface area contributed by atoms with Crippen molar-refractivity contribution in [3.63, 3.8) is 0 Å². The number of Topliss-reactive ketones (excluding diaryl/α,β-unsaturated/α-hetero) is 1. The number of carbonyl (C=O) groups is 1. The molecule has 0 atom stereocenters. The Labute approximate surface area is 216 Å². The molecule has 0 aliphatic heterocycles. The third-order valence-corrected chi connectivity index (χ3v) is 7.21. The fourth-order valence-electron chi connectivity index (χ4n) is 3.53. The summed E-state index contributed by atoms with van der Waals surface area (Å²) in [6, 6.07) is 13.3. The number of hydrogen-bond acceptors (Lipinski definition) is 4. The number of ketones is 1. The molecule has 1 heterocycles. The number of thioether (sulfide) groups is 1. The van der Waals surface area contributed by atoms with Gasteiger partial charge in [-0.3, -0.25) is 9.36 Å². The van der Waals surface area contributed by atoms with Gasteiger partial charge in [0.1, 0.15) is 5.82 Å². The van der Waals surface area contributed by atoms with Crippen LogP contribution in [-0.4, -0.2) is 26.3 Å². The second-order valence-electron chi connectivity index (χ2n) is 7.83. The van der Waals surface area contributed by atoms with Gasteiger partial charge in [-0.2, -0.15) is 0 Å². The highest BCUT2D eigenvalue weighted by atomic mass is 35.5. The molecule has 4 aromatic rings. The van der Waals surface area contributed by atoms with Crippen molar-refractivity contribution in [2.24, 2.45) is 0 Å². The summed E-state index contributed by atoms with van der Waals surface area (Å²) in [7, 11) is 0. The molecule has 4 rings (SSSR count). The van der Waals surface area contributed by atoms with Crippen LogP contribution >= 0.6 is 46.6 Å². The maximum Gasteiger partial charge on any atom is 0.196 e. The first-order chi connectivity index (χ1) is 16.2. The number of aryl methyl sites for hydroxylation is 3. The molecule has 0 saturated carbocycles. The maximum absolute atomic E-state index is 13.9. The Morgan fingerprint density at radius 3 is 2.35 bits per heavy atom. The van der Waals surface area contributed by atoms with Crippen molar-refractivity contribution >= 4 is 52.3 Å². The Hall–Kier alpha value is -2.38. The summed E-state index contributed by atoms with van der Waals surface area (Å²) in [6.45, 7) is 5.93. The van der Waals surface area contributed by atoms with E-state index in [9.17, 15) is 9.18 Å². The van der Waals surface area contributed by atoms with Crippen molar-refractivity contribution in [2.75, 3.05) is 5.75 Å². The molecule has 1 aromatic heterocycles. The second kappa shape index (κ2) is 10.1. The molecule has 3 aromatic carbocycles. The Kier molecular flexibility index (Phi) is 7.33. The lowest BCUT2D eigenvalue weighted by Gasteiger charge is -2.12. The monoisotopic (exact) mass is 533 g/mol. The van der Waals surface area contributed by atoms with E-state index in [1.165, 1.54) is 23.9 Å². The van der Waals surface area contributed by atoms with E-state index in [-0.39, 0.29) is 16.6 Å². The van der Waals surface area contributed by atoms with Crippen LogP contribution in [0.3, 0.4) is 0 Å². The number of aromatic nitrogens is 3. The standard InChI is InChI=1S/C25H19Cl3FN3OS/c1-13-8-15(3)19(9-14(13)2)23(33)12-34-25-31-30-24(18-6-4-16(26)10-20(18)27)32(25)17-5-7-22(29)21(28)11-17/h4-11H,12H2,1-3H3. The van der Waals surface area contributed by atoms with Gasteiger partial charge in [0.2, 0.25) is 0 Å².